The largest absolute Gasteiger partial charge is 0.461 e. The van der Waals surface area contributed by atoms with Gasteiger partial charge in [-0.25, -0.2) is 0 Å². The maximum atomic E-state index is 12.0. The third-order valence-electron chi connectivity index (χ3n) is 4.16. The fraction of sp³-hybridized carbons (Fsp3) is 0.316. The summed E-state index contributed by atoms with van der Waals surface area (Å²) < 4.78 is 5.39. The van der Waals surface area contributed by atoms with Gasteiger partial charge in [0.1, 0.15) is 6.61 Å². The summed E-state index contributed by atoms with van der Waals surface area (Å²) in [4.78, 5) is 12.0. The summed E-state index contributed by atoms with van der Waals surface area (Å²) in [5.41, 5.74) is 2.41. The molecule has 0 unspecified atom stereocenters. The minimum absolute atomic E-state index is 0.0387. The van der Waals surface area contributed by atoms with Crippen LogP contribution in [0.15, 0.2) is 60.7 Å². The number of hydrogen-bond donors (Lipinski definition) is 0. The van der Waals surface area contributed by atoms with Crippen LogP contribution in [0, 0.1) is 11.8 Å². The van der Waals surface area contributed by atoms with E-state index in [0.29, 0.717) is 12.5 Å². The first-order valence-electron chi connectivity index (χ1n) is 7.56. The maximum Gasteiger partial charge on any atom is 0.309 e. The lowest BCUT2D eigenvalue weighted by molar-refractivity contribution is -0.154. The normalized spacial score (nSPS) is 20.6. The monoisotopic (exact) mass is 280 g/mol. The molecule has 1 aliphatic rings. The van der Waals surface area contributed by atoms with Crippen LogP contribution in [-0.2, 0) is 22.6 Å². The van der Waals surface area contributed by atoms with Crippen molar-refractivity contribution in [1.82, 2.24) is 0 Å². The predicted octanol–water partition coefficient (Wildman–Crippen LogP) is 4.00. The van der Waals surface area contributed by atoms with Crippen molar-refractivity contribution in [1.29, 1.82) is 0 Å². The van der Waals surface area contributed by atoms with Gasteiger partial charge >= 0.3 is 5.97 Å². The summed E-state index contributed by atoms with van der Waals surface area (Å²) in [6.07, 6.45) is 2.99. The van der Waals surface area contributed by atoms with Gasteiger partial charge in [0.25, 0.3) is 0 Å². The molecule has 0 heterocycles. The maximum absolute atomic E-state index is 12.0. The van der Waals surface area contributed by atoms with Crippen molar-refractivity contribution in [2.75, 3.05) is 0 Å². The molecule has 2 aromatic rings. The molecule has 1 saturated carbocycles. The molecule has 0 bridgehead atoms. The summed E-state index contributed by atoms with van der Waals surface area (Å²) in [6.45, 7) is 0.388. The topological polar surface area (TPSA) is 26.3 Å². The SMILES string of the molecule is O=C(OCc1ccccc1)C1CC(Cc2ccccc2)C1. The molecule has 0 spiro atoms. The van der Waals surface area contributed by atoms with Crippen LogP contribution in [0.5, 0.6) is 0 Å². The van der Waals surface area contributed by atoms with Crippen molar-refractivity contribution in [3.63, 3.8) is 0 Å². The highest BCUT2D eigenvalue weighted by Crippen LogP contribution is 2.37. The average molecular weight is 280 g/mol. The molecule has 0 N–H and O–H groups in total. The van der Waals surface area contributed by atoms with Gasteiger partial charge in [-0.15, -0.1) is 0 Å². The molecule has 2 heteroatoms. The highest BCUT2D eigenvalue weighted by Gasteiger charge is 2.35. The number of hydrogen-bond acceptors (Lipinski definition) is 2. The van der Waals surface area contributed by atoms with E-state index in [9.17, 15) is 4.79 Å². The van der Waals surface area contributed by atoms with Gasteiger partial charge in [0.05, 0.1) is 5.92 Å². The van der Waals surface area contributed by atoms with E-state index >= 15 is 0 Å². The van der Waals surface area contributed by atoms with E-state index in [1.807, 2.05) is 36.4 Å². The van der Waals surface area contributed by atoms with E-state index in [2.05, 4.69) is 24.3 Å². The zero-order valence-corrected chi connectivity index (χ0v) is 12.1. The van der Waals surface area contributed by atoms with Gasteiger partial charge in [0.2, 0.25) is 0 Å². The molecule has 0 saturated heterocycles. The van der Waals surface area contributed by atoms with Crippen molar-refractivity contribution in [2.45, 2.75) is 25.9 Å². The molecule has 3 rings (SSSR count). The van der Waals surface area contributed by atoms with Crippen molar-refractivity contribution in [3.8, 4) is 0 Å². The lowest BCUT2D eigenvalue weighted by Gasteiger charge is -2.33. The standard InChI is InChI=1S/C19H20O2/c20-19(21-14-16-9-5-2-6-10-16)18-12-17(13-18)11-15-7-3-1-4-8-15/h1-10,17-18H,11-14H2. The van der Waals surface area contributed by atoms with Crippen LogP contribution in [0.4, 0.5) is 0 Å². The summed E-state index contributed by atoms with van der Waals surface area (Å²) in [6, 6.07) is 20.3. The highest BCUT2D eigenvalue weighted by atomic mass is 16.5. The molecular formula is C19H20O2. The van der Waals surface area contributed by atoms with Gasteiger partial charge in [-0.3, -0.25) is 4.79 Å². The molecule has 0 amide bonds. The van der Waals surface area contributed by atoms with Gasteiger partial charge in [0.15, 0.2) is 0 Å². The van der Waals surface area contributed by atoms with Crippen LogP contribution in [0.1, 0.15) is 24.0 Å². The minimum Gasteiger partial charge on any atom is -0.461 e. The van der Waals surface area contributed by atoms with Crippen LogP contribution in [-0.4, -0.2) is 5.97 Å². The summed E-state index contributed by atoms with van der Waals surface area (Å²) in [7, 11) is 0. The van der Waals surface area contributed by atoms with Crippen LogP contribution in [0.25, 0.3) is 0 Å². The molecule has 1 aliphatic carbocycles. The van der Waals surface area contributed by atoms with Crippen LogP contribution < -0.4 is 0 Å². The van der Waals surface area contributed by atoms with Crippen molar-refractivity contribution in [2.24, 2.45) is 11.8 Å². The Morgan fingerprint density at radius 1 is 0.905 bits per heavy atom. The molecule has 0 aliphatic heterocycles. The Bertz CT molecular complexity index is 571. The second-order valence-corrected chi connectivity index (χ2v) is 5.82. The summed E-state index contributed by atoms with van der Waals surface area (Å²) in [5, 5.41) is 0. The van der Waals surface area contributed by atoms with E-state index in [0.717, 1.165) is 24.8 Å². The van der Waals surface area contributed by atoms with E-state index in [1.54, 1.807) is 0 Å². The molecule has 2 aromatic carbocycles. The van der Waals surface area contributed by atoms with E-state index < -0.39 is 0 Å². The molecule has 21 heavy (non-hydrogen) atoms. The molecule has 0 radical (unpaired) electrons. The predicted molar refractivity (Wildman–Crippen MR) is 82.6 cm³/mol. The van der Waals surface area contributed by atoms with Crippen molar-refractivity contribution < 1.29 is 9.53 Å². The van der Waals surface area contributed by atoms with Crippen LogP contribution >= 0.6 is 0 Å². The molecule has 108 valence electrons. The van der Waals surface area contributed by atoms with Gasteiger partial charge in [-0.1, -0.05) is 60.7 Å². The number of benzene rings is 2. The quantitative estimate of drug-likeness (QED) is 0.774. The Balaban J connectivity index is 1.40. The molecule has 0 atom stereocenters. The van der Waals surface area contributed by atoms with Crippen molar-refractivity contribution >= 4 is 5.97 Å². The minimum atomic E-state index is -0.0387. The van der Waals surface area contributed by atoms with Gasteiger partial charge in [0, 0.05) is 0 Å². The Labute approximate surface area is 125 Å². The number of carbonyl (C=O) groups is 1. The fourth-order valence-electron chi connectivity index (χ4n) is 2.89. The Hall–Kier alpha value is -2.09. The van der Waals surface area contributed by atoms with E-state index in [-0.39, 0.29) is 11.9 Å². The van der Waals surface area contributed by atoms with E-state index in [1.165, 1.54) is 5.56 Å². The molecular weight excluding hydrogens is 260 g/mol. The van der Waals surface area contributed by atoms with Crippen LogP contribution in [0.3, 0.4) is 0 Å². The molecule has 0 aromatic heterocycles. The van der Waals surface area contributed by atoms with Crippen molar-refractivity contribution in [3.05, 3.63) is 71.8 Å². The summed E-state index contributed by atoms with van der Waals surface area (Å²) >= 11 is 0. The third-order valence-corrected chi connectivity index (χ3v) is 4.16. The lowest BCUT2D eigenvalue weighted by Crippen LogP contribution is -2.32. The van der Waals surface area contributed by atoms with Gasteiger partial charge in [-0.05, 0) is 36.3 Å². The number of carbonyl (C=O) groups excluding carboxylic acids is 1. The van der Waals surface area contributed by atoms with Crippen LogP contribution in [0.2, 0.25) is 0 Å². The first-order chi connectivity index (χ1) is 10.3. The fourth-order valence-corrected chi connectivity index (χ4v) is 2.89. The molecule has 1 fully saturated rings. The van der Waals surface area contributed by atoms with Gasteiger partial charge < -0.3 is 4.74 Å². The number of esters is 1. The second kappa shape index (κ2) is 6.57. The Kier molecular flexibility index (Phi) is 4.34. The zero-order chi connectivity index (χ0) is 14.5. The second-order valence-electron chi connectivity index (χ2n) is 5.82. The first kappa shape index (κ1) is 13.9. The van der Waals surface area contributed by atoms with E-state index in [4.69, 9.17) is 4.74 Å². The smallest absolute Gasteiger partial charge is 0.309 e. The summed E-state index contributed by atoms with van der Waals surface area (Å²) in [5.74, 6) is 0.687. The zero-order valence-electron chi connectivity index (χ0n) is 12.1. The lowest BCUT2D eigenvalue weighted by atomic mass is 9.72. The highest BCUT2D eigenvalue weighted by molar-refractivity contribution is 5.73. The first-order valence-corrected chi connectivity index (χ1v) is 7.56. The number of rotatable bonds is 5. The Morgan fingerprint density at radius 3 is 2.10 bits per heavy atom. The van der Waals surface area contributed by atoms with Gasteiger partial charge in [-0.2, -0.15) is 0 Å². The Morgan fingerprint density at radius 2 is 1.48 bits per heavy atom. The number of ether oxygens (including phenoxy) is 1. The third kappa shape index (κ3) is 3.72. The average Bonchev–Trinajstić information content (AvgIpc) is 2.50. The molecule has 2 nitrogen and oxygen atoms in total.